The topological polar surface area (TPSA) is 99.2 Å². The van der Waals surface area contributed by atoms with E-state index in [2.05, 4.69) is 30.9 Å². The molecule has 0 amide bonds. The van der Waals surface area contributed by atoms with E-state index >= 15 is 0 Å². The van der Waals surface area contributed by atoms with E-state index < -0.39 is 13.3 Å². The molecule has 0 fully saturated rings. The van der Waals surface area contributed by atoms with Crippen LogP contribution in [0.15, 0.2) is 23.0 Å². The molecule has 1 aliphatic rings. The maximum absolute atomic E-state index is 11.4. The fourth-order valence-corrected chi connectivity index (χ4v) is 5.76. The second-order valence-corrected chi connectivity index (χ2v) is 12.7. The predicted molar refractivity (Wildman–Crippen MR) is 132 cm³/mol. The van der Waals surface area contributed by atoms with Gasteiger partial charge in [0.2, 0.25) is 11.2 Å². The van der Waals surface area contributed by atoms with E-state index in [0.29, 0.717) is 23.2 Å². The summed E-state index contributed by atoms with van der Waals surface area (Å²) in [5.74, 6) is 0.110. The zero-order valence-electron chi connectivity index (χ0n) is 20.4. The average Bonchev–Trinajstić information content (AvgIpc) is 2.88. The van der Waals surface area contributed by atoms with Gasteiger partial charge in [-0.05, 0) is 48.1 Å². The molecule has 8 heteroatoms. The fraction of sp³-hybridized carbons (Fsp3) is 0.542. The van der Waals surface area contributed by atoms with Crippen LogP contribution in [0.2, 0.25) is 0 Å². The number of aromatic nitrogens is 1. The van der Waals surface area contributed by atoms with Crippen molar-refractivity contribution in [1.29, 1.82) is 0 Å². The third-order valence-electron chi connectivity index (χ3n) is 5.51. The summed E-state index contributed by atoms with van der Waals surface area (Å²) in [6, 6.07) is 5.63. The van der Waals surface area contributed by atoms with Gasteiger partial charge in [-0.25, -0.2) is 0 Å². The summed E-state index contributed by atoms with van der Waals surface area (Å²) in [6.45, 7) is 17.0. The molecule has 0 aliphatic carbocycles. The Labute approximate surface area is 191 Å². The number of rotatable bonds is 5. The first-order valence-corrected chi connectivity index (χ1v) is 12.7. The highest BCUT2D eigenvalue weighted by atomic mass is 31.2. The number of nitrogens with zero attached hydrogens (tertiary/aromatic N) is 2. The first-order valence-electron chi connectivity index (χ1n) is 11.1. The lowest BCUT2D eigenvalue weighted by atomic mass is 9.89. The van der Waals surface area contributed by atoms with Crippen LogP contribution in [0.3, 0.4) is 0 Å². The van der Waals surface area contributed by atoms with Crippen LogP contribution < -0.4 is 10.6 Å². The third-order valence-corrected chi connectivity index (χ3v) is 7.61. The largest absolute Gasteiger partial charge is 0.505 e. The number of hydrogen-bond donors (Lipinski definition) is 4. The van der Waals surface area contributed by atoms with Gasteiger partial charge in [0.15, 0.2) is 11.6 Å². The molecule has 0 bridgehead atoms. The normalized spacial score (nSPS) is 18.8. The highest BCUT2D eigenvalue weighted by Gasteiger charge is 2.49. The van der Waals surface area contributed by atoms with Crippen molar-refractivity contribution in [1.82, 2.24) is 4.57 Å². The van der Waals surface area contributed by atoms with Gasteiger partial charge in [-0.1, -0.05) is 47.6 Å². The molecule has 1 aromatic heterocycles. The highest BCUT2D eigenvalue weighted by molar-refractivity contribution is 7.72. The van der Waals surface area contributed by atoms with Gasteiger partial charge in [0.05, 0.1) is 18.0 Å². The second-order valence-electron chi connectivity index (χ2n) is 10.7. The molecule has 1 aromatic carbocycles. The zero-order chi connectivity index (χ0) is 24.1. The number of benzene rings is 1. The molecule has 7 nitrogen and oxygen atoms in total. The van der Waals surface area contributed by atoms with Crippen LogP contribution in [0.5, 0.6) is 11.6 Å². The SMILES string of the molecule is CCO[P+]1(O)N=C(c2c(O)c(C(C)(C)C)n(CCC(C)(C)C)c2O)Nc2cc(C)ccc21. The minimum Gasteiger partial charge on any atom is -0.505 e. The Hall–Kier alpha value is -2.08. The Kier molecular flexibility index (Phi) is 6.42. The molecule has 32 heavy (non-hydrogen) atoms. The van der Waals surface area contributed by atoms with E-state index in [9.17, 15) is 15.1 Å². The zero-order valence-corrected chi connectivity index (χ0v) is 21.3. The van der Waals surface area contributed by atoms with Crippen molar-refractivity contribution in [2.75, 3.05) is 11.9 Å². The molecule has 1 aliphatic heterocycles. The van der Waals surface area contributed by atoms with Crippen LogP contribution in [0.1, 0.15) is 71.7 Å². The van der Waals surface area contributed by atoms with Gasteiger partial charge in [-0.3, -0.25) is 0 Å². The number of amidine groups is 1. The maximum atomic E-state index is 11.4. The molecular formula is C24H37N3O4P+. The van der Waals surface area contributed by atoms with Gasteiger partial charge < -0.3 is 20.1 Å². The summed E-state index contributed by atoms with van der Waals surface area (Å²) in [4.78, 5) is 11.4. The van der Waals surface area contributed by atoms with Crippen molar-refractivity contribution in [3.05, 3.63) is 35.0 Å². The summed E-state index contributed by atoms with van der Waals surface area (Å²) >= 11 is 0. The van der Waals surface area contributed by atoms with Crippen LogP contribution >= 0.6 is 7.87 Å². The van der Waals surface area contributed by atoms with E-state index in [0.717, 1.165) is 12.0 Å². The standard InChI is InChI=1S/C24H36N3O4P/c1-9-31-32(30)17-11-10-15(2)14-16(17)25-21(26-32)18-19(28)20(24(6,7)8)27(22(18)29)13-12-23(3,4)5/h10-11,14,30H,9,12-13H2,1-8H3,(H2-,25,26,28,29)/p+1. The predicted octanol–water partition coefficient (Wildman–Crippen LogP) is 5.23. The molecule has 0 spiro atoms. The van der Waals surface area contributed by atoms with E-state index in [1.54, 1.807) is 11.5 Å². The first-order chi connectivity index (χ1) is 14.7. The molecule has 1 atom stereocenters. The van der Waals surface area contributed by atoms with Gasteiger partial charge in [-0.2, -0.15) is 9.42 Å². The van der Waals surface area contributed by atoms with Gasteiger partial charge in [-0.15, -0.1) is 0 Å². The molecule has 1 unspecified atom stereocenters. The van der Waals surface area contributed by atoms with Crippen molar-refractivity contribution < 1.29 is 19.6 Å². The number of nitrogens with one attached hydrogen (secondary N) is 1. The third kappa shape index (κ3) is 4.66. The lowest BCUT2D eigenvalue weighted by Gasteiger charge is -2.25. The van der Waals surface area contributed by atoms with E-state index in [-0.39, 0.29) is 35.1 Å². The van der Waals surface area contributed by atoms with Crippen LogP contribution in [-0.4, -0.2) is 32.1 Å². The minimum absolute atomic E-state index is 0.0330. The first kappa shape index (κ1) is 24.6. The molecule has 2 heterocycles. The smallest absolute Gasteiger partial charge is 0.432 e. The van der Waals surface area contributed by atoms with Crippen molar-refractivity contribution in [3.8, 4) is 11.6 Å². The van der Waals surface area contributed by atoms with E-state index in [4.69, 9.17) is 4.52 Å². The quantitative estimate of drug-likeness (QED) is 0.456. The average molecular weight is 463 g/mol. The number of aromatic hydroxyl groups is 2. The van der Waals surface area contributed by atoms with Crippen LogP contribution in [0, 0.1) is 12.3 Å². The summed E-state index contributed by atoms with van der Waals surface area (Å²) in [5, 5.41) is 26.4. The second kappa shape index (κ2) is 8.36. The van der Waals surface area contributed by atoms with Crippen molar-refractivity contribution in [2.45, 2.75) is 73.8 Å². The Balaban J connectivity index is 2.20. The lowest BCUT2D eigenvalue weighted by molar-refractivity contribution is 0.318. The molecule has 0 saturated heterocycles. The summed E-state index contributed by atoms with van der Waals surface area (Å²) in [5.41, 5.74) is 2.12. The van der Waals surface area contributed by atoms with Crippen molar-refractivity contribution >= 4 is 24.7 Å². The number of fused-ring (bicyclic) bond motifs is 1. The Morgan fingerprint density at radius 1 is 1.12 bits per heavy atom. The summed E-state index contributed by atoms with van der Waals surface area (Å²) in [7, 11) is -3.33. The van der Waals surface area contributed by atoms with Crippen molar-refractivity contribution in [3.63, 3.8) is 0 Å². The van der Waals surface area contributed by atoms with Gasteiger partial charge >= 0.3 is 7.87 Å². The Bertz CT molecular complexity index is 1050. The summed E-state index contributed by atoms with van der Waals surface area (Å²) < 4.78 is 12.0. The van der Waals surface area contributed by atoms with Gasteiger partial charge in [0, 0.05) is 12.0 Å². The van der Waals surface area contributed by atoms with Crippen LogP contribution in [0.25, 0.3) is 0 Å². The Morgan fingerprint density at radius 3 is 2.34 bits per heavy atom. The molecule has 0 radical (unpaired) electrons. The number of aryl methyl sites for hydroxylation is 1. The highest BCUT2D eigenvalue weighted by Crippen LogP contribution is 2.60. The Morgan fingerprint density at radius 2 is 1.78 bits per heavy atom. The fourth-order valence-electron chi connectivity index (χ4n) is 3.97. The van der Waals surface area contributed by atoms with Gasteiger partial charge in [0.25, 0.3) is 0 Å². The van der Waals surface area contributed by atoms with Crippen molar-refractivity contribution in [2.24, 2.45) is 10.2 Å². The van der Waals surface area contributed by atoms with Gasteiger partial charge in [0.1, 0.15) is 5.56 Å². The van der Waals surface area contributed by atoms with E-state index in [1.165, 1.54) is 0 Å². The molecule has 4 N–H and O–H groups in total. The molecular weight excluding hydrogens is 425 g/mol. The van der Waals surface area contributed by atoms with E-state index in [1.807, 2.05) is 45.9 Å². The monoisotopic (exact) mass is 462 g/mol. The minimum atomic E-state index is -3.33. The molecule has 176 valence electrons. The molecule has 2 aromatic rings. The molecule has 3 rings (SSSR count). The number of anilines is 1. The van der Waals surface area contributed by atoms with Crippen LogP contribution in [-0.2, 0) is 16.5 Å². The maximum Gasteiger partial charge on any atom is 0.432 e. The molecule has 0 saturated carbocycles. The lowest BCUT2D eigenvalue weighted by Crippen LogP contribution is -2.28. The van der Waals surface area contributed by atoms with Crippen LogP contribution in [0.4, 0.5) is 5.69 Å². The number of hydrogen-bond acceptors (Lipinski definition) is 6. The summed E-state index contributed by atoms with van der Waals surface area (Å²) in [6.07, 6.45) is 0.815.